The van der Waals surface area contributed by atoms with Crippen LogP contribution in [0.1, 0.15) is 10.4 Å². The minimum absolute atomic E-state index is 0.161. The average molecular weight is 301 g/mol. The number of carbonyl (C=O) groups is 1. The molecule has 6 nitrogen and oxygen atoms in total. The number of aromatic nitrogens is 4. The number of hydrogen-bond donors (Lipinski definition) is 2. The zero-order valence-electron chi connectivity index (χ0n) is 10.6. The smallest absolute Gasteiger partial charge is 0.335 e. The Morgan fingerprint density at radius 3 is 2.38 bits per heavy atom. The number of halogens is 1. The Morgan fingerprint density at radius 1 is 1.05 bits per heavy atom. The number of H-pyrrole nitrogens is 1. The molecule has 0 radical (unpaired) electrons. The van der Waals surface area contributed by atoms with Crippen molar-refractivity contribution in [3.05, 3.63) is 53.1 Å². The molecule has 3 rings (SSSR count). The lowest BCUT2D eigenvalue weighted by Crippen LogP contribution is -1.98. The van der Waals surface area contributed by atoms with Crippen LogP contribution < -0.4 is 0 Å². The fourth-order valence-corrected chi connectivity index (χ4v) is 2.10. The van der Waals surface area contributed by atoms with Crippen molar-refractivity contribution in [1.29, 1.82) is 0 Å². The number of nitrogens with one attached hydrogen (secondary N) is 1. The zero-order valence-corrected chi connectivity index (χ0v) is 11.4. The van der Waals surface area contributed by atoms with Gasteiger partial charge in [-0.1, -0.05) is 23.7 Å². The molecule has 3 aromatic rings. The second-order valence-corrected chi connectivity index (χ2v) is 4.80. The van der Waals surface area contributed by atoms with Gasteiger partial charge >= 0.3 is 5.97 Å². The molecule has 0 aliphatic rings. The van der Waals surface area contributed by atoms with Crippen LogP contribution in [0.2, 0.25) is 5.02 Å². The monoisotopic (exact) mass is 300 g/mol. The van der Waals surface area contributed by atoms with Crippen LogP contribution in [-0.2, 0) is 0 Å². The van der Waals surface area contributed by atoms with Crippen LogP contribution in [0.4, 0.5) is 0 Å². The Balaban J connectivity index is 2.16. The third kappa shape index (κ3) is 2.75. The van der Waals surface area contributed by atoms with E-state index in [-0.39, 0.29) is 5.56 Å². The summed E-state index contributed by atoms with van der Waals surface area (Å²) in [6.45, 7) is 0. The predicted octanol–water partition coefficient (Wildman–Crippen LogP) is 2.89. The Morgan fingerprint density at radius 2 is 1.76 bits per heavy atom. The van der Waals surface area contributed by atoms with Crippen molar-refractivity contribution in [2.45, 2.75) is 0 Å². The average Bonchev–Trinajstić information content (AvgIpc) is 3.02. The molecule has 2 aromatic carbocycles. The highest BCUT2D eigenvalue weighted by atomic mass is 35.5. The van der Waals surface area contributed by atoms with Gasteiger partial charge in [0.2, 0.25) is 0 Å². The molecular weight excluding hydrogens is 292 g/mol. The summed E-state index contributed by atoms with van der Waals surface area (Å²) in [6.07, 6.45) is 0. The third-order valence-electron chi connectivity index (χ3n) is 2.98. The number of aromatic amines is 1. The lowest BCUT2D eigenvalue weighted by Gasteiger charge is -2.06. The molecule has 0 fully saturated rings. The van der Waals surface area contributed by atoms with E-state index < -0.39 is 5.97 Å². The van der Waals surface area contributed by atoms with Crippen LogP contribution in [0.25, 0.3) is 22.5 Å². The maximum absolute atomic E-state index is 11.3. The van der Waals surface area contributed by atoms with Crippen LogP contribution in [0, 0.1) is 0 Å². The molecule has 0 saturated carbocycles. The van der Waals surface area contributed by atoms with Gasteiger partial charge in [0.25, 0.3) is 0 Å². The fourth-order valence-electron chi connectivity index (χ4n) is 1.98. The summed E-state index contributed by atoms with van der Waals surface area (Å²) in [5, 5.41) is 23.3. The van der Waals surface area contributed by atoms with Crippen LogP contribution in [0.15, 0.2) is 42.5 Å². The maximum atomic E-state index is 11.3. The number of carboxylic acids is 1. The van der Waals surface area contributed by atoms with Gasteiger partial charge in [-0.3, -0.25) is 0 Å². The normalized spacial score (nSPS) is 10.5. The van der Waals surface area contributed by atoms with Crippen LogP contribution in [0.3, 0.4) is 0 Å². The first-order valence-corrected chi connectivity index (χ1v) is 6.40. The highest BCUT2D eigenvalue weighted by Gasteiger charge is 2.11. The second kappa shape index (κ2) is 5.34. The summed E-state index contributed by atoms with van der Waals surface area (Å²) in [5.41, 5.74) is 2.37. The Kier molecular flexibility index (Phi) is 3.37. The van der Waals surface area contributed by atoms with Gasteiger partial charge in [-0.25, -0.2) is 9.89 Å². The summed E-state index contributed by atoms with van der Waals surface area (Å²) in [7, 11) is 0. The van der Waals surface area contributed by atoms with Crippen molar-refractivity contribution < 1.29 is 9.90 Å². The fraction of sp³-hybridized carbons (Fsp3) is 0. The number of rotatable bonds is 3. The van der Waals surface area contributed by atoms with Gasteiger partial charge in [-0.15, -0.1) is 5.10 Å². The van der Waals surface area contributed by atoms with Gasteiger partial charge in [-0.2, -0.15) is 0 Å². The first-order chi connectivity index (χ1) is 10.1. The molecule has 0 spiro atoms. The van der Waals surface area contributed by atoms with Gasteiger partial charge in [0.1, 0.15) is 0 Å². The molecule has 0 amide bonds. The molecule has 21 heavy (non-hydrogen) atoms. The van der Waals surface area contributed by atoms with E-state index >= 15 is 0 Å². The standard InChI is InChI=1S/C14H9ClN4O2/c15-12-3-1-8(2-4-12)9-5-10(13-16-18-19-17-13)7-11(6-9)14(20)21/h1-7H,(H,20,21)(H,16,17,18,19). The van der Waals surface area contributed by atoms with E-state index in [1.807, 2.05) is 18.2 Å². The van der Waals surface area contributed by atoms with Crippen LogP contribution in [-0.4, -0.2) is 31.7 Å². The molecule has 0 saturated heterocycles. The summed E-state index contributed by atoms with van der Waals surface area (Å²) in [6, 6.07) is 12.1. The van der Waals surface area contributed by atoms with Gasteiger partial charge in [0, 0.05) is 10.6 Å². The van der Waals surface area contributed by atoms with Gasteiger partial charge in [0.05, 0.1) is 5.56 Å². The van der Waals surface area contributed by atoms with E-state index in [1.165, 1.54) is 6.07 Å². The van der Waals surface area contributed by atoms with E-state index in [2.05, 4.69) is 20.6 Å². The lowest BCUT2D eigenvalue weighted by atomic mass is 9.99. The quantitative estimate of drug-likeness (QED) is 0.776. The number of hydrogen-bond acceptors (Lipinski definition) is 4. The molecule has 0 unspecified atom stereocenters. The van der Waals surface area contributed by atoms with Crippen molar-refractivity contribution >= 4 is 17.6 Å². The highest BCUT2D eigenvalue weighted by Crippen LogP contribution is 2.27. The van der Waals surface area contributed by atoms with Crippen LogP contribution in [0.5, 0.6) is 0 Å². The second-order valence-electron chi connectivity index (χ2n) is 4.36. The molecule has 104 valence electrons. The van der Waals surface area contributed by atoms with Crippen molar-refractivity contribution in [2.24, 2.45) is 0 Å². The van der Waals surface area contributed by atoms with Crippen molar-refractivity contribution in [3.8, 4) is 22.5 Å². The molecule has 0 aliphatic heterocycles. The topological polar surface area (TPSA) is 91.8 Å². The van der Waals surface area contributed by atoms with Gasteiger partial charge in [0.15, 0.2) is 5.82 Å². The maximum Gasteiger partial charge on any atom is 0.335 e. The van der Waals surface area contributed by atoms with E-state index in [0.717, 1.165) is 11.1 Å². The van der Waals surface area contributed by atoms with Crippen molar-refractivity contribution in [1.82, 2.24) is 20.6 Å². The van der Waals surface area contributed by atoms with Crippen molar-refractivity contribution in [2.75, 3.05) is 0 Å². The SMILES string of the molecule is O=C(O)c1cc(-c2ccc(Cl)cc2)cc(-c2nnn[nH]2)c1. The number of benzene rings is 2. The van der Waals surface area contributed by atoms with Crippen molar-refractivity contribution in [3.63, 3.8) is 0 Å². The zero-order chi connectivity index (χ0) is 14.8. The predicted molar refractivity (Wildman–Crippen MR) is 77.0 cm³/mol. The lowest BCUT2D eigenvalue weighted by molar-refractivity contribution is 0.0697. The van der Waals surface area contributed by atoms with E-state index in [9.17, 15) is 9.90 Å². The molecule has 0 bridgehead atoms. The van der Waals surface area contributed by atoms with Crippen LogP contribution >= 0.6 is 11.6 Å². The van der Waals surface area contributed by atoms with E-state index in [0.29, 0.717) is 16.4 Å². The van der Waals surface area contributed by atoms with E-state index in [4.69, 9.17) is 11.6 Å². The summed E-state index contributed by atoms with van der Waals surface area (Å²) in [5.74, 6) is -0.604. The number of nitrogens with zero attached hydrogens (tertiary/aromatic N) is 3. The third-order valence-corrected chi connectivity index (χ3v) is 3.23. The Bertz CT molecular complexity index is 785. The summed E-state index contributed by atoms with van der Waals surface area (Å²) >= 11 is 5.87. The number of aromatic carboxylic acids is 1. The van der Waals surface area contributed by atoms with E-state index in [1.54, 1.807) is 18.2 Å². The molecule has 0 aliphatic carbocycles. The molecule has 0 atom stereocenters. The minimum Gasteiger partial charge on any atom is -0.478 e. The highest BCUT2D eigenvalue weighted by molar-refractivity contribution is 6.30. The summed E-state index contributed by atoms with van der Waals surface area (Å²) in [4.78, 5) is 11.3. The number of carboxylic acid groups (broad SMARTS) is 1. The van der Waals surface area contributed by atoms with Gasteiger partial charge in [-0.05, 0) is 51.9 Å². The molecule has 1 heterocycles. The molecular formula is C14H9ClN4O2. The van der Waals surface area contributed by atoms with Gasteiger partial charge < -0.3 is 5.11 Å². The summed E-state index contributed by atoms with van der Waals surface area (Å²) < 4.78 is 0. The molecule has 7 heteroatoms. The largest absolute Gasteiger partial charge is 0.478 e. The molecule has 1 aromatic heterocycles. The molecule has 2 N–H and O–H groups in total. The Hall–Kier alpha value is -2.73. The first kappa shape index (κ1) is 13.3. The first-order valence-electron chi connectivity index (χ1n) is 6.02. The number of tetrazole rings is 1. The minimum atomic E-state index is -1.01. The Labute approximate surface area is 124 Å².